The van der Waals surface area contributed by atoms with Gasteiger partial charge in [0.2, 0.25) is 5.91 Å². The van der Waals surface area contributed by atoms with E-state index in [9.17, 15) is 9.59 Å². The fourth-order valence-electron chi connectivity index (χ4n) is 3.20. The van der Waals surface area contributed by atoms with E-state index in [0.29, 0.717) is 23.6 Å². The standard InChI is InChI=1S/C23H22N4O4/c1-2-18-23(29)27(22-19(31-18)12-13-20(24)26-22)14-21(28)25-15-8-10-17(11-9-15)30-16-6-4-3-5-7-16/h3-13,18H,2,14H2,1H3,(H2,24,26)(H,25,28). The third kappa shape index (κ3) is 4.58. The molecule has 0 aliphatic carbocycles. The summed E-state index contributed by atoms with van der Waals surface area (Å²) in [6.45, 7) is 1.64. The monoisotopic (exact) mass is 418 g/mol. The lowest BCUT2D eigenvalue weighted by Gasteiger charge is -2.32. The van der Waals surface area contributed by atoms with E-state index in [1.807, 2.05) is 37.3 Å². The maximum atomic E-state index is 12.8. The highest BCUT2D eigenvalue weighted by molar-refractivity contribution is 6.05. The van der Waals surface area contributed by atoms with Crippen molar-refractivity contribution < 1.29 is 19.1 Å². The SMILES string of the molecule is CCC1Oc2ccc(N)nc2N(CC(=O)Nc2ccc(Oc3ccccc3)cc2)C1=O. The number of nitrogen functional groups attached to an aromatic ring is 1. The highest BCUT2D eigenvalue weighted by Gasteiger charge is 2.35. The van der Waals surface area contributed by atoms with E-state index in [0.717, 1.165) is 5.75 Å². The highest BCUT2D eigenvalue weighted by atomic mass is 16.5. The second kappa shape index (κ2) is 8.74. The van der Waals surface area contributed by atoms with E-state index in [4.69, 9.17) is 15.2 Å². The second-order valence-electron chi connectivity index (χ2n) is 6.98. The smallest absolute Gasteiger partial charge is 0.269 e. The number of ether oxygens (including phenoxy) is 2. The Morgan fingerprint density at radius 3 is 2.52 bits per heavy atom. The Morgan fingerprint density at radius 2 is 1.81 bits per heavy atom. The molecule has 2 heterocycles. The van der Waals surface area contributed by atoms with Gasteiger partial charge >= 0.3 is 0 Å². The molecule has 4 rings (SSSR count). The zero-order valence-electron chi connectivity index (χ0n) is 16.9. The Balaban J connectivity index is 1.44. The normalized spacial score (nSPS) is 15.1. The molecule has 0 fully saturated rings. The number of nitrogens with two attached hydrogens (primary N) is 1. The first-order valence-corrected chi connectivity index (χ1v) is 9.91. The predicted molar refractivity (Wildman–Crippen MR) is 117 cm³/mol. The lowest BCUT2D eigenvalue weighted by Crippen LogP contribution is -2.49. The third-order valence-electron chi connectivity index (χ3n) is 4.72. The van der Waals surface area contributed by atoms with Crippen LogP contribution in [0, 0.1) is 0 Å². The molecule has 8 nitrogen and oxygen atoms in total. The number of pyridine rings is 1. The quantitative estimate of drug-likeness (QED) is 0.633. The van der Waals surface area contributed by atoms with Crippen molar-refractivity contribution in [3.63, 3.8) is 0 Å². The van der Waals surface area contributed by atoms with Crippen molar-refractivity contribution in [2.45, 2.75) is 19.4 Å². The number of amides is 2. The number of nitrogens with one attached hydrogen (secondary N) is 1. The summed E-state index contributed by atoms with van der Waals surface area (Å²) in [6.07, 6.45) is -0.191. The number of aromatic nitrogens is 1. The van der Waals surface area contributed by atoms with Crippen molar-refractivity contribution in [2.75, 3.05) is 22.5 Å². The molecule has 0 saturated heterocycles. The van der Waals surface area contributed by atoms with Gasteiger partial charge in [0, 0.05) is 5.69 Å². The summed E-state index contributed by atoms with van der Waals surface area (Å²) in [5, 5.41) is 2.79. The largest absolute Gasteiger partial charge is 0.477 e. The fourth-order valence-corrected chi connectivity index (χ4v) is 3.20. The maximum Gasteiger partial charge on any atom is 0.269 e. The summed E-state index contributed by atoms with van der Waals surface area (Å²) in [4.78, 5) is 30.9. The first-order valence-electron chi connectivity index (χ1n) is 9.91. The zero-order chi connectivity index (χ0) is 21.8. The molecule has 158 valence electrons. The Hall–Kier alpha value is -4.07. The lowest BCUT2D eigenvalue weighted by atomic mass is 10.2. The molecule has 31 heavy (non-hydrogen) atoms. The van der Waals surface area contributed by atoms with Gasteiger partial charge in [0.05, 0.1) is 0 Å². The van der Waals surface area contributed by atoms with Crippen molar-refractivity contribution in [1.29, 1.82) is 0 Å². The average molecular weight is 418 g/mol. The van der Waals surface area contributed by atoms with Gasteiger partial charge in [-0.15, -0.1) is 0 Å². The predicted octanol–water partition coefficient (Wildman–Crippen LogP) is 3.60. The summed E-state index contributed by atoms with van der Waals surface area (Å²) in [5.74, 6) is 1.59. The van der Waals surface area contributed by atoms with Crippen LogP contribution in [0.15, 0.2) is 66.7 Å². The number of hydrogen-bond donors (Lipinski definition) is 2. The fraction of sp³-hybridized carbons (Fsp3) is 0.174. The Labute approximate surface area is 179 Å². The molecule has 1 unspecified atom stereocenters. The topological polar surface area (TPSA) is 107 Å². The second-order valence-corrected chi connectivity index (χ2v) is 6.98. The molecule has 1 atom stereocenters. The van der Waals surface area contributed by atoms with Crippen molar-refractivity contribution in [3.05, 3.63) is 66.7 Å². The van der Waals surface area contributed by atoms with Crippen molar-refractivity contribution in [3.8, 4) is 17.2 Å². The first-order chi connectivity index (χ1) is 15.0. The number of carbonyl (C=O) groups excluding carboxylic acids is 2. The number of anilines is 3. The number of nitrogens with zero attached hydrogens (tertiary/aromatic N) is 2. The number of fused-ring (bicyclic) bond motifs is 1. The van der Waals surface area contributed by atoms with Crippen LogP contribution >= 0.6 is 0 Å². The highest BCUT2D eigenvalue weighted by Crippen LogP contribution is 2.33. The van der Waals surface area contributed by atoms with Crippen LogP contribution in [0.2, 0.25) is 0 Å². The van der Waals surface area contributed by atoms with Gasteiger partial charge in [0.1, 0.15) is 23.9 Å². The summed E-state index contributed by atoms with van der Waals surface area (Å²) in [5.41, 5.74) is 6.35. The van der Waals surface area contributed by atoms with Crippen LogP contribution in [-0.4, -0.2) is 29.4 Å². The summed E-state index contributed by atoms with van der Waals surface area (Å²) in [7, 11) is 0. The Bertz CT molecular complexity index is 1090. The molecule has 2 amide bonds. The number of carbonyl (C=O) groups is 2. The molecule has 0 spiro atoms. The summed E-state index contributed by atoms with van der Waals surface area (Å²) in [6, 6.07) is 19.6. The maximum absolute atomic E-state index is 12.8. The van der Waals surface area contributed by atoms with Gasteiger partial charge in [-0.05, 0) is 55.0 Å². The third-order valence-corrected chi connectivity index (χ3v) is 4.72. The van der Waals surface area contributed by atoms with Crippen LogP contribution in [0.5, 0.6) is 17.2 Å². The van der Waals surface area contributed by atoms with Crippen molar-refractivity contribution in [1.82, 2.24) is 4.98 Å². The van der Waals surface area contributed by atoms with Crippen LogP contribution in [0.1, 0.15) is 13.3 Å². The molecule has 1 aliphatic heterocycles. The number of para-hydroxylation sites is 1. The molecule has 0 saturated carbocycles. The number of rotatable bonds is 6. The Morgan fingerprint density at radius 1 is 1.10 bits per heavy atom. The van der Waals surface area contributed by atoms with E-state index < -0.39 is 6.10 Å². The molecule has 8 heteroatoms. The van der Waals surface area contributed by atoms with Crippen LogP contribution in [0.25, 0.3) is 0 Å². The first kappa shape index (κ1) is 20.2. The summed E-state index contributed by atoms with van der Waals surface area (Å²) >= 11 is 0. The van der Waals surface area contributed by atoms with Gasteiger partial charge in [-0.1, -0.05) is 25.1 Å². The molecule has 0 radical (unpaired) electrons. The molecule has 3 aromatic rings. The molecular weight excluding hydrogens is 396 g/mol. The van der Waals surface area contributed by atoms with E-state index in [-0.39, 0.29) is 30.0 Å². The van der Waals surface area contributed by atoms with Crippen molar-refractivity contribution >= 4 is 29.1 Å². The Kier molecular flexibility index (Phi) is 5.70. The zero-order valence-corrected chi connectivity index (χ0v) is 16.9. The molecule has 3 N–H and O–H groups in total. The van der Waals surface area contributed by atoms with Gasteiger partial charge in [0.15, 0.2) is 17.7 Å². The van der Waals surface area contributed by atoms with Crippen LogP contribution in [0.3, 0.4) is 0 Å². The molecule has 2 aromatic carbocycles. The lowest BCUT2D eigenvalue weighted by molar-refractivity contribution is -0.128. The molecule has 1 aliphatic rings. The molecule has 1 aromatic heterocycles. The number of benzene rings is 2. The van der Waals surface area contributed by atoms with Gasteiger partial charge in [-0.25, -0.2) is 4.98 Å². The van der Waals surface area contributed by atoms with E-state index >= 15 is 0 Å². The van der Waals surface area contributed by atoms with Gasteiger partial charge in [-0.2, -0.15) is 0 Å². The van der Waals surface area contributed by atoms with E-state index in [2.05, 4.69) is 10.3 Å². The van der Waals surface area contributed by atoms with Crippen LogP contribution < -0.4 is 25.4 Å². The number of hydrogen-bond acceptors (Lipinski definition) is 6. The minimum absolute atomic E-state index is 0.204. The minimum Gasteiger partial charge on any atom is -0.477 e. The molecular formula is C23H22N4O4. The van der Waals surface area contributed by atoms with Crippen LogP contribution in [0.4, 0.5) is 17.3 Å². The van der Waals surface area contributed by atoms with Gasteiger partial charge in [0.25, 0.3) is 5.91 Å². The van der Waals surface area contributed by atoms with E-state index in [1.54, 1.807) is 36.4 Å². The van der Waals surface area contributed by atoms with E-state index in [1.165, 1.54) is 4.90 Å². The molecule has 0 bridgehead atoms. The summed E-state index contributed by atoms with van der Waals surface area (Å²) < 4.78 is 11.4. The van der Waals surface area contributed by atoms with Crippen LogP contribution in [-0.2, 0) is 9.59 Å². The average Bonchev–Trinajstić information content (AvgIpc) is 2.78. The van der Waals surface area contributed by atoms with Gasteiger partial charge < -0.3 is 20.5 Å². The van der Waals surface area contributed by atoms with Crippen molar-refractivity contribution in [2.24, 2.45) is 0 Å². The van der Waals surface area contributed by atoms with Gasteiger partial charge in [-0.3, -0.25) is 14.5 Å². The minimum atomic E-state index is -0.667.